The molecule has 3 aromatic carbocycles. The van der Waals surface area contributed by atoms with E-state index in [-0.39, 0.29) is 11.8 Å². The zero-order valence-corrected chi connectivity index (χ0v) is 22.2. The lowest BCUT2D eigenvalue weighted by atomic mass is 10.1. The minimum atomic E-state index is -0.212. The Hall–Kier alpha value is -4.14. The smallest absolute Gasteiger partial charge is 0.251 e. The van der Waals surface area contributed by atoms with Crippen LogP contribution in [0.4, 0.5) is 0 Å². The highest BCUT2D eigenvalue weighted by atomic mass is 32.1. The van der Waals surface area contributed by atoms with Crippen molar-refractivity contribution in [3.8, 4) is 22.5 Å². The van der Waals surface area contributed by atoms with Crippen molar-refractivity contribution in [1.82, 2.24) is 20.6 Å². The van der Waals surface area contributed by atoms with Crippen molar-refractivity contribution >= 4 is 34.5 Å². The number of hydrogen-bond donors (Lipinski definition) is 2. The van der Waals surface area contributed by atoms with Gasteiger partial charge in [0, 0.05) is 58.9 Å². The molecule has 0 radical (unpaired) electrons. The highest BCUT2D eigenvalue weighted by molar-refractivity contribution is 7.10. The fourth-order valence-corrected chi connectivity index (χ4v) is 5.52. The number of nitrogens with zero attached hydrogens (tertiary/aromatic N) is 2. The summed E-state index contributed by atoms with van der Waals surface area (Å²) in [5, 5.41) is 11.9. The summed E-state index contributed by atoms with van der Waals surface area (Å²) < 4.78 is 0. The predicted molar refractivity (Wildman–Crippen MR) is 154 cm³/mol. The molecule has 0 aliphatic carbocycles. The molecular weight excluding hydrogens is 512 g/mol. The molecule has 0 saturated carbocycles. The first-order valence-corrected chi connectivity index (χ1v) is 14.1. The summed E-state index contributed by atoms with van der Waals surface area (Å²) >= 11 is 3.17. The number of rotatable bonds is 10. The Bertz CT molecular complexity index is 1400. The van der Waals surface area contributed by atoms with Gasteiger partial charge in [-0.05, 0) is 18.2 Å². The molecule has 5 rings (SSSR count). The Morgan fingerprint density at radius 1 is 0.605 bits per heavy atom. The molecule has 0 unspecified atom stereocenters. The summed E-state index contributed by atoms with van der Waals surface area (Å²) in [5.74, 6) is -0.425. The summed E-state index contributed by atoms with van der Waals surface area (Å²) in [6.07, 6.45) is 1.29. The van der Waals surface area contributed by atoms with Gasteiger partial charge in [-0.3, -0.25) is 9.59 Å². The van der Waals surface area contributed by atoms with Crippen LogP contribution < -0.4 is 10.6 Å². The third kappa shape index (κ3) is 6.59. The van der Waals surface area contributed by atoms with Crippen molar-refractivity contribution < 1.29 is 9.59 Å². The molecular formula is C30H26N4O2S2. The second kappa shape index (κ2) is 12.4. The van der Waals surface area contributed by atoms with Crippen LogP contribution in [-0.4, -0.2) is 34.9 Å². The third-order valence-corrected chi connectivity index (χ3v) is 7.70. The normalized spacial score (nSPS) is 10.7. The van der Waals surface area contributed by atoms with E-state index >= 15 is 0 Å². The Morgan fingerprint density at radius 3 is 1.50 bits per heavy atom. The standard InChI is InChI=1S/C30H26N4O2S2/c35-29(31-16-14-27-33-25(19-37-27)21-8-3-1-4-9-21)23-12-7-13-24(18-23)30(36)32-17-15-28-34-26(20-38-28)22-10-5-2-6-11-22/h1-13,18-20H,14-17H2,(H,31,35)(H,32,36). The van der Waals surface area contributed by atoms with Gasteiger partial charge in [0.05, 0.1) is 21.4 Å². The van der Waals surface area contributed by atoms with Crippen molar-refractivity contribution in [1.29, 1.82) is 0 Å². The minimum absolute atomic E-state index is 0.212. The van der Waals surface area contributed by atoms with Gasteiger partial charge in [-0.2, -0.15) is 0 Å². The van der Waals surface area contributed by atoms with Crippen LogP contribution in [0, 0.1) is 0 Å². The number of carbonyl (C=O) groups excluding carboxylic acids is 2. The summed E-state index contributed by atoms with van der Waals surface area (Å²) in [6, 6.07) is 26.8. The second-order valence-electron chi connectivity index (χ2n) is 8.58. The molecule has 2 amide bonds. The maximum absolute atomic E-state index is 12.7. The van der Waals surface area contributed by atoms with Crippen LogP contribution >= 0.6 is 22.7 Å². The van der Waals surface area contributed by atoms with Crippen LogP contribution in [0.1, 0.15) is 30.7 Å². The van der Waals surface area contributed by atoms with E-state index < -0.39 is 0 Å². The van der Waals surface area contributed by atoms with Crippen LogP contribution in [-0.2, 0) is 12.8 Å². The van der Waals surface area contributed by atoms with Crippen molar-refractivity contribution in [2.75, 3.05) is 13.1 Å². The maximum atomic E-state index is 12.7. The van der Waals surface area contributed by atoms with Gasteiger partial charge in [0.1, 0.15) is 0 Å². The van der Waals surface area contributed by atoms with Crippen molar-refractivity contribution in [3.05, 3.63) is 117 Å². The van der Waals surface area contributed by atoms with Gasteiger partial charge in [-0.1, -0.05) is 66.7 Å². The molecule has 0 bridgehead atoms. The van der Waals surface area contributed by atoms with E-state index in [0.29, 0.717) is 37.1 Å². The summed E-state index contributed by atoms with van der Waals surface area (Å²) in [6.45, 7) is 0.936. The number of benzene rings is 3. The van der Waals surface area contributed by atoms with Crippen molar-refractivity contribution in [2.45, 2.75) is 12.8 Å². The molecule has 5 aromatic rings. The van der Waals surface area contributed by atoms with E-state index in [4.69, 9.17) is 0 Å². The van der Waals surface area contributed by atoms with Crippen molar-refractivity contribution in [2.24, 2.45) is 0 Å². The summed E-state index contributed by atoms with van der Waals surface area (Å²) in [5.41, 5.74) is 4.96. The molecule has 2 aromatic heterocycles. The van der Waals surface area contributed by atoms with Gasteiger partial charge in [0.25, 0.3) is 11.8 Å². The molecule has 0 aliphatic heterocycles. The lowest BCUT2D eigenvalue weighted by Gasteiger charge is -2.07. The van der Waals surface area contributed by atoms with E-state index in [0.717, 1.165) is 32.5 Å². The van der Waals surface area contributed by atoms with Crippen LogP contribution in [0.2, 0.25) is 0 Å². The lowest BCUT2D eigenvalue weighted by molar-refractivity contribution is 0.0953. The summed E-state index contributed by atoms with van der Waals surface area (Å²) in [7, 11) is 0. The average molecular weight is 539 g/mol. The van der Waals surface area contributed by atoms with Gasteiger partial charge in [-0.25, -0.2) is 9.97 Å². The molecule has 0 saturated heterocycles. The molecule has 6 nitrogen and oxygen atoms in total. The zero-order valence-electron chi connectivity index (χ0n) is 20.6. The number of nitrogens with one attached hydrogen (secondary N) is 2. The Kier molecular flexibility index (Phi) is 8.32. The Balaban J connectivity index is 1.09. The van der Waals surface area contributed by atoms with Gasteiger partial charge in [0.15, 0.2) is 0 Å². The molecule has 2 N–H and O–H groups in total. The fraction of sp³-hybridized carbons (Fsp3) is 0.133. The van der Waals surface area contributed by atoms with Crippen LogP contribution in [0.5, 0.6) is 0 Å². The first kappa shape index (κ1) is 25.5. The predicted octanol–water partition coefficient (Wildman–Crippen LogP) is 5.88. The third-order valence-electron chi connectivity index (χ3n) is 5.88. The number of carbonyl (C=O) groups is 2. The maximum Gasteiger partial charge on any atom is 0.251 e. The van der Waals surface area contributed by atoms with Gasteiger partial charge in [-0.15, -0.1) is 22.7 Å². The zero-order chi connectivity index (χ0) is 26.2. The van der Waals surface area contributed by atoms with Crippen LogP contribution in [0.25, 0.3) is 22.5 Å². The van der Waals surface area contributed by atoms with E-state index in [1.54, 1.807) is 46.9 Å². The van der Waals surface area contributed by atoms with Gasteiger partial charge < -0.3 is 10.6 Å². The van der Waals surface area contributed by atoms with Crippen LogP contribution in [0.15, 0.2) is 95.7 Å². The fourth-order valence-electron chi connectivity index (χ4n) is 3.91. The SMILES string of the molecule is O=C(NCCc1nc(-c2ccccc2)cs1)c1cccc(C(=O)NCCc2nc(-c3ccccc3)cs2)c1. The minimum Gasteiger partial charge on any atom is -0.352 e. The van der Waals surface area contributed by atoms with Crippen molar-refractivity contribution in [3.63, 3.8) is 0 Å². The average Bonchev–Trinajstić information content (AvgIpc) is 3.64. The quantitative estimate of drug-likeness (QED) is 0.233. The molecule has 0 spiro atoms. The number of amides is 2. The monoisotopic (exact) mass is 538 g/mol. The highest BCUT2D eigenvalue weighted by Gasteiger charge is 2.12. The summed E-state index contributed by atoms with van der Waals surface area (Å²) in [4.78, 5) is 34.7. The van der Waals surface area contributed by atoms with Gasteiger partial charge >= 0.3 is 0 Å². The number of hydrogen-bond acceptors (Lipinski definition) is 6. The first-order chi connectivity index (χ1) is 18.7. The molecule has 0 aliphatic rings. The van der Waals surface area contributed by atoms with E-state index in [1.165, 1.54) is 0 Å². The van der Waals surface area contributed by atoms with Crippen LogP contribution in [0.3, 0.4) is 0 Å². The second-order valence-corrected chi connectivity index (χ2v) is 10.5. The van der Waals surface area contributed by atoms with E-state index in [9.17, 15) is 9.59 Å². The van der Waals surface area contributed by atoms with E-state index in [2.05, 4.69) is 20.6 Å². The molecule has 190 valence electrons. The topological polar surface area (TPSA) is 84.0 Å². The van der Waals surface area contributed by atoms with Gasteiger partial charge in [0.2, 0.25) is 0 Å². The lowest BCUT2D eigenvalue weighted by Crippen LogP contribution is -2.28. The largest absolute Gasteiger partial charge is 0.352 e. The molecule has 8 heteroatoms. The van der Waals surface area contributed by atoms with E-state index in [1.807, 2.05) is 71.4 Å². The molecule has 0 fully saturated rings. The number of thiazole rings is 2. The first-order valence-electron chi connectivity index (χ1n) is 12.3. The molecule has 0 atom stereocenters. The number of aromatic nitrogens is 2. The Labute approximate surface area is 229 Å². The Morgan fingerprint density at radius 2 is 1.05 bits per heavy atom. The highest BCUT2D eigenvalue weighted by Crippen LogP contribution is 2.22. The molecule has 38 heavy (non-hydrogen) atoms. The molecule has 2 heterocycles.